The first-order valence-corrected chi connectivity index (χ1v) is 6.17. The third kappa shape index (κ3) is 2.44. The number of nitrogens with zero attached hydrogens (tertiary/aromatic N) is 4. The molecule has 0 aliphatic heterocycles. The van der Waals surface area contributed by atoms with E-state index in [-0.39, 0.29) is 11.6 Å². The number of nitrogen functional groups attached to an aromatic ring is 1. The number of para-hydroxylation sites is 2. The summed E-state index contributed by atoms with van der Waals surface area (Å²) in [5.41, 5.74) is 8.16. The third-order valence-corrected chi connectivity index (χ3v) is 2.99. The van der Waals surface area contributed by atoms with E-state index in [0.717, 1.165) is 16.6 Å². The summed E-state index contributed by atoms with van der Waals surface area (Å²) in [5.74, 6) is 0.286. The molecule has 0 atom stereocenters. The quantitative estimate of drug-likeness (QED) is 0.452. The summed E-state index contributed by atoms with van der Waals surface area (Å²) < 4.78 is 1.52. The van der Waals surface area contributed by atoms with Crippen LogP contribution in [0.4, 0.5) is 11.6 Å². The van der Waals surface area contributed by atoms with Crippen LogP contribution in [0.15, 0.2) is 53.6 Å². The predicted octanol–water partition coefficient (Wildman–Crippen LogP) is 2.41. The molecule has 104 valence electrons. The Kier molecular flexibility index (Phi) is 3.07. The SMILES string of the molecule is Nc1nc2ccccc2n1/N=C\c1ccc([N+](=O)[O-])cc1. The fraction of sp³-hybridized carbons (Fsp3) is 0. The zero-order chi connectivity index (χ0) is 14.8. The standard InChI is InChI=1S/C14H11N5O2/c15-14-17-12-3-1-2-4-13(12)18(14)16-9-10-5-7-11(8-6-10)19(20)21/h1-9H,(H2,15,17)/b16-9-. The smallest absolute Gasteiger partial charge is 0.269 e. The van der Waals surface area contributed by atoms with Crippen LogP contribution in [0.1, 0.15) is 5.56 Å². The summed E-state index contributed by atoms with van der Waals surface area (Å²) in [6.07, 6.45) is 1.58. The van der Waals surface area contributed by atoms with Gasteiger partial charge in [0.25, 0.3) is 5.69 Å². The maximum atomic E-state index is 10.6. The molecule has 0 saturated heterocycles. The van der Waals surface area contributed by atoms with Gasteiger partial charge in [-0.2, -0.15) is 9.78 Å². The van der Waals surface area contributed by atoms with Crippen LogP contribution in [0.25, 0.3) is 11.0 Å². The molecule has 7 nitrogen and oxygen atoms in total. The van der Waals surface area contributed by atoms with Crippen LogP contribution in [-0.4, -0.2) is 20.8 Å². The van der Waals surface area contributed by atoms with Crippen molar-refractivity contribution >= 4 is 28.9 Å². The minimum Gasteiger partial charge on any atom is -0.368 e. The second kappa shape index (κ2) is 5.04. The number of rotatable bonds is 3. The Hall–Kier alpha value is -3.22. The molecule has 0 saturated carbocycles. The highest BCUT2D eigenvalue weighted by atomic mass is 16.6. The van der Waals surface area contributed by atoms with E-state index < -0.39 is 4.92 Å². The molecule has 2 aromatic carbocycles. The van der Waals surface area contributed by atoms with Crippen LogP contribution in [0.5, 0.6) is 0 Å². The number of benzene rings is 2. The number of nitro groups is 1. The summed E-state index contributed by atoms with van der Waals surface area (Å²) in [7, 11) is 0. The van der Waals surface area contributed by atoms with Crippen LogP contribution in [-0.2, 0) is 0 Å². The van der Waals surface area contributed by atoms with E-state index in [1.165, 1.54) is 16.8 Å². The molecule has 7 heteroatoms. The van der Waals surface area contributed by atoms with Crippen LogP contribution in [0.2, 0.25) is 0 Å². The van der Waals surface area contributed by atoms with Gasteiger partial charge in [0.05, 0.1) is 22.2 Å². The molecule has 0 radical (unpaired) electrons. The molecule has 0 aliphatic carbocycles. The van der Waals surface area contributed by atoms with Crippen LogP contribution in [0.3, 0.4) is 0 Å². The number of imidazole rings is 1. The number of nitrogens with two attached hydrogens (primary N) is 1. The van der Waals surface area contributed by atoms with Crippen molar-refractivity contribution in [2.24, 2.45) is 5.10 Å². The topological polar surface area (TPSA) is 99.3 Å². The van der Waals surface area contributed by atoms with E-state index in [0.29, 0.717) is 0 Å². The van der Waals surface area contributed by atoms with Crippen molar-refractivity contribution in [1.82, 2.24) is 9.66 Å². The number of non-ortho nitro benzene ring substituents is 1. The summed E-state index contributed by atoms with van der Waals surface area (Å²) in [5, 5.41) is 14.9. The Bertz CT molecular complexity index is 836. The van der Waals surface area contributed by atoms with Crippen molar-refractivity contribution in [1.29, 1.82) is 0 Å². The van der Waals surface area contributed by atoms with E-state index in [4.69, 9.17) is 5.73 Å². The zero-order valence-electron chi connectivity index (χ0n) is 10.9. The first-order valence-electron chi connectivity index (χ1n) is 6.17. The molecular weight excluding hydrogens is 270 g/mol. The van der Waals surface area contributed by atoms with E-state index in [2.05, 4.69) is 10.1 Å². The van der Waals surface area contributed by atoms with Gasteiger partial charge < -0.3 is 5.73 Å². The zero-order valence-corrected chi connectivity index (χ0v) is 10.9. The van der Waals surface area contributed by atoms with Gasteiger partial charge in [0.1, 0.15) is 0 Å². The van der Waals surface area contributed by atoms with Crippen molar-refractivity contribution in [3.63, 3.8) is 0 Å². The third-order valence-electron chi connectivity index (χ3n) is 2.99. The first-order chi connectivity index (χ1) is 10.1. The molecular formula is C14H11N5O2. The molecule has 0 amide bonds. The average molecular weight is 281 g/mol. The predicted molar refractivity (Wildman–Crippen MR) is 80.2 cm³/mol. The van der Waals surface area contributed by atoms with Crippen LogP contribution >= 0.6 is 0 Å². The largest absolute Gasteiger partial charge is 0.368 e. The number of aromatic nitrogens is 2. The molecule has 0 fully saturated rings. The molecule has 3 rings (SSSR count). The molecule has 1 aromatic heterocycles. The van der Waals surface area contributed by atoms with Crippen molar-refractivity contribution in [3.8, 4) is 0 Å². The Labute approximate surface area is 119 Å². The number of anilines is 1. The monoisotopic (exact) mass is 281 g/mol. The van der Waals surface area contributed by atoms with E-state index in [1.54, 1.807) is 18.3 Å². The highest BCUT2D eigenvalue weighted by Gasteiger charge is 2.06. The lowest BCUT2D eigenvalue weighted by molar-refractivity contribution is -0.384. The Morgan fingerprint density at radius 3 is 2.62 bits per heavy atom. The molecule has 0 bridgehead atoms. The van der Waals surface area contributed by atoms with Crippen molar-refractivity contribution in [3.05, 3.63) is 64.2 Å². The van der Waals surface area contributed by atoms with Crippen molar-refractivity contribution < 1.29 is 4.92 Å². The van der Waals surface area contributed by atoms with Gasteiger partial charge in [0, 0.05) is 12.1 Å². The fourth-order valence-electron chi connectivity index (χ4n) is 1.96. The normalized spacial score (nSPS) is 11.2. The number of hydrogen-bond donors (Lipinski definition) is 1. The van der Waals surface area contributed by atoms with E-state index >= 15 is 0 Å². The maximum Gasteiger partial charge on any atom is 0.269 e. The average Bonchev–Trinajstić information content (AvgIpc) is 2.81. The lowest BCUT2D eigenvalue weighted by Gasteiger charge is -1.98. The van der Waals surface area contributed by atoms with E-state index in [9.17, 15) is 10.1 Å². The Morgan fingerprint density at radius 1 is 1.19 bits per heavy atom. The van der Waals surface area contributed by atoms with Gasteiger partial charge in [0.15, 0.2) is 0 Å². The number of nitro benzene ring substituents is 1. The van der Waals surface area contributed by atoms with Gasteiger partial charge in [-0.05, 0) is 29.8 Å². The summed E-state index contributed by atoms with van der Waals surface area (Å²) in [4.78, 5) is 14.3. The van der Waals surface area contributed by atoms with Gasteiger partial charge >= 0.3 is 0 Å². The molecule has 2 N–H and O–H groups in total. The van der Waals surface area contributed by atoms with Crippen molar-refractivity contribution in [2.75, 3.05) is 5.73 Å². The second-order valence-corrected chi connectivity index (χ2v) is 4.36. The van der Waals surface area contributed by atoms with Gasteiger partial charge in [-0.25, -0.2) is 4.98 Å². The Morgan fingerprint density at radius 2 is 1.90 bits per heavy atom. The Balaban J connectivity index is 1.94. The summed E-state index contributed by atoms with van der Waals surface area (Å²) >= 11 is 0. The van der Waals surface area contributed by atoms with Gasteiger partial charge in [-0.15, -0.1) is 0 Å². The molecule has 0 spiro atoms. The molecule has 1 heterocycles. The summed E-state index contributed by atoms with van der Waals surface area (Å²) in [6.45, 7) is 0. The van der Waals surface area contributed by atoms with Gasteiger partial charge in [-0.3, -0.25) is 10.1 Å². The maximum absolute atomic E-state index is 10.6. The lowest BCUT2D eigenvalue weighted by Crippen LogP contribution is -1.98. The number of hydrogen-bond acceptors (Lipinski definition) is 5. The minimum atomic E-state index is -0.442. The highest BCUT2D eigenvalue weighted by molar-refractivity contribution is 5.82. The molecule has 21 heavy (non-hydrogen) atoms. The molecule has 3 aromatic rings. The second-order valence-electron chi connectivity index (χ2n) is 4.36. The fourth-order valence-corrected chi connectivity index (χ4v) is 1.96. The van der Waals surface area contributed by atoms with Crippen LogP contribution in [0, 0.1) is 10.1 Å². The first kappa shape index (κ1) is 12.8. The molecule has 0 unspecified atom stereocenters. The van der Waals surface area contributed by atoms with Crippen molar-refractivity contribution in [2.45, 2.75) is 0 Å². The van der Waals surface area contributed by atoms with Crippen LogP contribution < -0.4 is 5.73 Å². The highest BCUT2D eigenvalue weighted by Crippen LogP contribution is 2.17. The van der Waals surface area contributed by atoms with Gasteiger partial charge in [0.2, 0.25) is 5.95 Å². The summed E-state index contributed by atoms with van der Waals surface area (Å²) in [6, 6.07) is 13.6. The van der Waals surface area contributed by atoms with E-state index in [1.807, 2.05) is 24.3 Å². The lowest BCUT2D eigenvalue weighted by atomic mass is 10.2. The minimum absolute atomic E-state index is 0.0414. The molecule has 0 aliphatic rings. The van der Waals surface area contributed by atoms with Gasteiger partial charge in [-0.1, -0.05) is 12.1 Å². The number of fused-ring (bicyclic) bond motifs is 1.